The zero-order chi connectivity index (χ0) is 24.5. The molecule has 0 saturated carbocycles. The molecule has 1 unspecified atom stereocenters. The largest absolute Gasteiger partial charge is 0.356 e. The van der Waals surface area contributed by atoms with Gasteiger partial charge >= 0.3 is 0 Å². The van der Waals surface area contributed by atoms with Crippen molar-refractivity contribution in [2.24, 2.45) is 0 Å². The van der Waals surface area contributed by atoms with Gasteiger partial charge in [-0.1, -0.05) is 155 Å². The molecule has 0 radical (unpaired) electrons. The SMILES string of the molecule is CCCCCCCCCCCCCCCN1C=CN(CCCCCCCCCCCCC)C1C. The maximum atomic E-state index is 2.57. The normalized spacial score (nSPS) is 15.7. The predicted molar refractivity (Wildman–Crippen MR) is 154 cm³/mol. The summed E-state index contributed by atoms with van der Waals surface area (Å²) < 4.78 is 0. The highest BCUT2D eigenvalue weighted by Crippen LogP contribution is 2.19. The van der Waals surface area contributed by atoms with Crippen molar-refractivity contribution in [2.45, 2.75) is 181 Å². The van der Waals surface area contributed by atoms with Crippen LogP contribution in [0.5, 0.6) is 0 Å². The van der Waals surface area contributed by atoms with E-state index in [4.69, 9.17) is 0 Å². The van der Waals surface area contributed by atoms with Crippen molar-refractivity contribution in [2.75, 3.05) is 13.1 Å². The monoisotopic (exact) mass is 477 g/mol. The topological polar surface area (TPSA) is 6.48 Å². The molecule has 0 amide bonds. The minimum Gasteiger partial charge on any atom is -0.356 e. The number of rotatable bonds is 26. The molecule has 0 saturated heterocycles. The van der Waals surface area contributed by atoms with Crippen LogP contribution >= 0.6 is 0 Å². The van der Waals surface area contributed by atoms with E-state index in [-0.39, 0.29) is 0 Å². The molecule has 0 aromatic carbocycles. The second-order valence-corrected chi connectivity index (χ2v) is 11.2. The Morgan fingerprint density at radius 3 is 0.882 bits per heavy atom. The van der Waals surface area contributed by atoms with Gasteiger partial charge in [0.05, 0.1) is 6.17 Å². The highest BCUT2D eigenvalue weighted by molar-refractivity contribution is 4.95. The Morgan fingerprint density at radius 1 is 0.382 bits per heavy atom. The Hall–Kier alpha value is -0.660. The average Bonchev–Trinajstić information content (AvgIpc) is 3.19. The molecular weight excluding hydrogens is 412 g/mol. The molecule has 0 bridgehead atoms. The summed E-state index contributed by atoms with van der Waals surface area (Å²) in [5, 5.41) is 0. The number of nitrogens with zero attached hydrogens (tertiary/aromatic N) is 2. The van der Waals surface area contributed by atoms with Crippen molar-refractivity contribution in [3.63, 3.8) is 0 Å². The Balaban J connectivity index is 1.85. The predicted octanol–water partition coefficient (Wildman–Crippen LogP) is 10.8. The Morgan fingerprint density at radius 2 is 0.618 bits per heavy atom. The van der Waals surface area contributed by atoms with Crippen LogP contribution in [0.25, 0.3) is 0 Å². The quantitative estimate of drug-likeness (QED) is 0.114. The van der Waals surface area contributed by atoms with Gasteiger partial charge < -0.3 is 9.80 Å². The van der Waals surface area contributed by atoms with Gasteiger partial charge in [0.25, 0.3) is 0 Å². The Labute approximate surface area is 216 Å². The summed E-state index contributed by atoms with van der Waals surface area (Å²) in [6.45, 7) is 9.48. The summed E-state index contributed by atoms with van der Waals surface area (Å²) in [5.74, 6) is 0. The zero-order valence-corrected chi connectivity index (χ0v) is 24.0. The minimum atomic E-state index is 0.570. The van der Waals surface area contributed by atoms with Gasteiger partial charge in [0, 0.05) is 25.5 Å². The van der Waals surface area contributed by atoms with Crippen LogP contribution in [0.4, 0.5) is 0 Å². The van der Waals surface area contributed by atoms with Gasteiger partial charge in [0.15, 0.2) is 0 Å². The van der Waals surface area contributed by atoms with Crippen LogP contribution in [0.2, 0.25) is 0 Å². The van der Waals surface area contributed by atoms with Crippen molar-refractivity contribution in [3.05, 3.63) is 12.4 Å². The van der Waals surface area contributed by atoms with E-state index in [9.17, 15) is 0 Å². The fourth-order valence-corrected chi connectivity index (χ4v) is 5.40. The maximum Gasteiger partial charge on any atom is 0.0977 e. The van der Waals surface area contributed by atoms with Crippen LogP contribution < -0.4 is 0 Å². The van der Waals surface area contributed by atoms with E-state index >= 15 is 0 Å². The van der Waals surface area contributed by atoms with Crippen molar-refractivity contribution in [1.82, 2.24) is 9.80 Å². The lowest BCUT2D eigenvalue weighted by molar-refractivity contribution is 0.165. The van der Waals surface area contributed by atoms with Gasteiger partial charge in [-0.3, -0.25) is 0 Å². The Bertz CT molecular complexity index is 433. The lowest BCUT2D eigenvalue weighted by atomic mass is 10.0. The first-order valence-corrected chi connectivity index (χ1v) is 16.0. The third-order valence-electron chi connectivity index (χ3n) is 7.95. The molecule has 2 heteroatoms. The van der Waals surface area contributed by atoms with Crippen LogP contribution in [-0.4, -0.2) is 29.1 Å². The van der Waals surface area contributed by atoms with Gasteiger partial charge in [0.2, 0.25) is 0 Å². The van der Waals surface area contributed by atoms with Crippen molar-refractivity contribution < 1.29 is 0 Å². The van der Waals surface area contributed by atoms with E-state index in [1.807, 2.05) is 0 Å². The van der Waals surface area contributed by atoms with Crippen molar-refractivity contribution >= 4 is 0 Å². The maximum absolute atomic E-state index is 2.57. The highest BCUT2D eigenvalue weighted by atomic mass is 15.4. The molecule has 1 atom stereocenters. The molecule has 0 aromatic heterocycles. The van der Waals surface area contributed by atoms with Gasteiger partial charge in [-0.15, -0.1) is 0 Å². The number of hydrogen-bond acceptors (Lipinski definition) is 2. The second kappa shape index (κ2) is 24.1. The minimum absolute atomic E-state index is 0.570. The lowest BCUT2D eigenvalue weighted by Crippen LogP contribution is -2.36. The molecule has 202 valence electrons. The first-order valence-electron chi connectivity index (χ1n) is 16.0. The molecule has 1 rings (SSSR count). The molecule has 0 fully saturated rings. The molecule has 0 N–H and O–H groups in total. The zero-order valence-electron chi connectivity index (χ0n) is 24.0. The van der Waals surface area contributed by atoms with Crippen molar-refractivity contribution in [1.29, 1.82) is 0 Å². The fraction of sp³-hybridized carbons (Fsp3) is 0.938. The van der Waals surface area contributed by atoms with Crippen LogP contribution in [-0.2, 0) is 0 Å². The van der Waals surface area contributed by atoms with Crippen molar-refractivity contribution in [3.8, 4) is 0 Å². The van der Waals surface area contributed by atoms with E-state index in [2.05, 4.69) is 43.0 Å². The van der Waals surface area contributed by atoms with E-state index in [0.717, 1.165) is 0 Å². The molecular formula is C32H64N2. The van der Waals surface area contributed by atoms with E-state index < -0.39 is 0 Å². The Kier molecular flexibility index (Phi) is 22.2. The summed E-state index contributed by atoms with van der Waals surface area (Å²) >= 11 is 0. The standard InChI is InChI=1S/C32H64N2/c1-4-6-8-10-12-14-16-17-19-21-23-25-27-29-34-31-30-33(32(34)3)28-26-24-22-20-18-15-13-11-9-7-5-2/h30-32H,4-29H2,1-3H3. The summed E-state index contributed by atoms with van der Waals surface area (Å²) in [4.78, 5) is 5.13. The summed E-state index contributed by atoms with van der Waals surface area (Å²) in [5.41, 5.74) is 0. The van der Waals surface area contributed by atoms with Gasteiger partial charge in [-0.2, -0.15) is 0 Å². The smallest absolute Gasteiger partial charge is 0.0977 e. The van der Waals surface area contributed by atoms with Crippen LogP contribution in [0.1, 0.15) is 175 Å². The summed E-state index contributed by atoms with van der Waals surface area (Å²) in [6.07, 6.45) is 39.7. The van der Waals surface area contributed by atoms with E-state index in [1.54, 1.807) is 0 Å². The molecule has 1 aliphatic heterocycles. The van der Waals surface area contributed by atoms with Gasteiger partial charge in [-0.25, -0.2) is 0 Å². The summed E-state index contributed by atoms with van der Waals surface area (Å²) in [7, 11) is 0. The molecule has 1 heterocycles. The first kappa shape index (κ1) is 31.4. The van der Waals surface area contributed by atoms with Crippen LogP contribution in [0.3, 0.4) is 0 Å². The van der Waals surface area contributed by atoms with Crippen LogP contribution in [0, 0.1) is 0 Å². The molecule has 2 nitrogen and oxygen atoms in total. The lowest BCUT2D eigenvalue weighted by Gasteiger charge is -2.30. The first-order chi connectivity index (χ1) is 16.8. The fourth-order valence-electron chi connectivity index (χ4n) is 5.40. The molecule has 0 spiro atoms. The highest BCUT2D eigenvalue weighted by Gasteiger charge is 2.20. The van der Waals surface area contributed by atoms with E-state index in [0.29, 0.717) is 6.17 Å². The number of hydrogen-bond donors (Lipinski definition) is 0. The summed E-state index contributed by atoms with van der Waals surface area (Å²) in [6, 6.07) is 0. The molecule has 0 aromatic rings. The van der Waals surface area contributed by atoms with Crippen LogP contribution in [0.15, 0.2) is 12.4 Å². The van der Waals surface area contributed by atoms with Gasteiger partial charge in [-0.05, 0) is 19.8 Å². The molecule has 0 aliphatic carbocycles. The molecule has 1 aliphatic rings. The third kappa shape index (κ3) is 17.7. The molecule has 34 heavy (non-hydrogen) atoms. The average molecular weight is 477 g/mol. The van der Waals surface area contributed by atoms with Gasteiger partial charge in [0.1, 0.15) is 0 Å². The van der Waals surface area contributed by atoms with E-state index in [1.165, 1.54) is 167 Å². The third-order valence-corrected chi connectivity index (χ3v) is 7.95. The second-order valence-electron chi connectivity index (χ2n) is 11.2. The number of unbranched alkanes of at least 4 members (excludes halogenated alkanes) is 22.